The lowest BCUT2D eigenvalue weighted by atomic mass is 10.2. The van der Waals surface area contributed by atoms with E-state index in [1.807, 2.05) is 19.9 Å². The second-order valence-corrected chi connectivity index (χ2v) is 6.13. The van der Waals surface area contributed by atoms with Crippen molar-refractivity contribution < 1.29 is 8.42 Å². The summed E-state index contributed by atoms with van der Waals surface area (Å²) in [5.74, 6) is 5.78. The van der Waals surface area contributed by atoms with Crippen molar-refractivity contribution in [2.24, 2.45) is 11.7 Å². The maximum absolute atomic E-state index is 11.8. The van der Waals surface area contributed by atoms with Crippen LogP contribution in [0.1, 0.15) is 19.4 Å². The van der Waals surface area contributed by atoms with Crippen molar-refractivity contribution in [2.45, 2.75) is 13.8 Å². The van der Waals surface area contributed by atoms with Crippen LogP contribution in [0.15, 0.2) is 24.3 Å². The van der Waals surface area contributed by atoms with Gasteiger partial charge in [-0.05, 0) is 24.1 Å². The Kier molecular flexibility index (Phi) is 5.20. The minimum absolute atomic E-state index is 0.0858. The number of hydrogen-bond acceptors (Lipinski definition) is 3. The first-order valence-electron chi connectivity index (χ1n) is 5.72. The average Bonchev–Trinajstić information content (AvgIpc) is 2.24. The van der Waals surface area contributed by atoms with Gasteiger partial charge in [-0.1, -0.05) is 31.8 Å². The van der Waals surface area contributed by atoms with E-state index in [2.05, 4.69) is 16.6 Å². The molecule has 0 aliphatic rings. The van der Waals surface area contributed by atoms with Crippen molar-refractivity contribution in [1.29, 1.82) is 0 Å². The van der Waals surface area contributed by atoms with Crippen molar-refractivity contribution in [3.8, 4) is 11.8 Å². The highest BCUT2D eigenvalue weighted by atomic mass is 32.2. The average molecular weight is 266 g/mol. The van der Waals surface area contributed by atoms with Gasteiger partial charge in [0.05, 0.1) is 12.3 Å². The summed E-state index contributed by atoms with van der Waals surface area (Å²) in [6.45, 7) is 4.01. The lowest BCUT2D eigenvalue weighted by molar-refractivity contribution is 0.587. The molecule has 0 fully saturated rings. The Hall–Kier alpha value is -1.51. The number of anilines is 1. The van der Waals surface area contributed by atoms with Gasteiger partial charge in [0, 0.05) is 11.3 Å². The van der Waals surface area contributed by atoms with E-state index in [-0.39, 0.29) is 18.2 Å². The first kappa shape index (κ1) is 14.6. The number of nitrogens with two attached hydrogens (primary N) is 1. The van der Waals surface area contributed by atoms with Gasteiger partial charge in [0.15, 0.2) is 0 Å². The maximum Gasteiger partial charge on any atom is 0.232 e. The molecule has 3 N–H and O–H groups in total. The molecule has 0 aromatic heterocycles. The summed E-state index contributed by atoms with van der Waals surface area (Å²) >= 11 is 0. The van der Waals surface area contributed by atoms with E-state index in [0.29, 0.717) is 5.69 Å². The molecule has 1 rings (SSSR count). The zero-order valence-corrected chi connectivity index (χ0v) is 11.4. The summed E-state index contributed by atoms with van der Waals surface area (Å²) in [5, 5.41) is 0. The Balaban J connectivity index is 2.85. The summed E-state index contributed by atoms with van der Waals surface area (Å²) in [6, 6.07) is 6.96. The molecule has 0 saturated heterocycles. The minimum atomic E-state index is -3.29. The van der Waals surface area contributed by atoms with Crippen LogP contribution in [-0.2, 0) is 10.0 Å². The van der Waals surface area contributed by atoms with E-state index in [0.717, 1.165) is 5.56 Å². The highest BCUT2D eigenvalue weighted by Crippen LogP contribution is 2.13. The van der Waals surface area contributed by atoms with Gasteiger partial charge in [-0.2, -0.15) is 0 Å². The Morgan fingerprint density at radius 3 is 2.72 bits per heavy atom. The lowest BCUT2D eigenvalue weighted by Crippen LogP contribution is -2.20. The van der Waals surface area contributed by atoms with Crippen LogP contribution in [0.4, 0.5) is 5.69 Å². The van der Waals surface area contributed by atoms with Gasteiger partial charge in [0.25, 0.3) is 0 Å². The Morgan fingerprint density at radius 1 is 1.39 bits per heavy atom. The van der Waals surface area contributed by atoms with E-state index >= 15 is 0 Å². The van der Waals surface area contributed by atoms with Gasteiger partial charge in [-0.3, -0.25) is 4.72 Å². The molecule has 5 heteroatoms. The zero-order chi connectivity index (χ0) is 13.6. The molecule has 0 atom stereocenters. The van der Waals surface area contributed by atoms with Crippen molar-refractivity contribution in [3.05, 3.63) is 29.8 Å². The van der Waals surface area contributed by atoms with Gasteiger partial charge in [-0.25, -0.2) is 8.42 Å². The Bertz CT molecular complexity index is 554. The number of sulfonamides is 1. The van der Waals surface area contributed by atoms with Crippen LogP contribution in [0, 0.1) is 17.8 Å². The van der Waals surface area contributed by atoms with E-state index in [1.165, 1.54) is 0 Å². The third kappa shape index (κ3) is 5.21. The summed E-state index contributed by atoms with van der Waals surface area (Å²) in [6.07, 6.45) is 0. The third-order valence-electron chi connectivity index (χ3n) is 2.02. The normalized spacial score (nSPS) is 10.9. The monoisotopic (exact) mass is 266 g/mol. The zero-order valence-electron chi connectivity index (χ0n) is 10.6. The van der Waals surface area contributed by atoms with Crippen LogP contribution in [0.25, 0.3) is 0 Å². The van der Waals surface area contributed by atoms with Gasteiger partial charge >= 0.3 is 0 Å². The molecule has 0 amide bonds. The maximum atomic E-state index is 11.8. The smallest absolute Gasteiger partial charge is 0.232 e. The summed E-state index contributed by atoms with van der Waals surface area (Å²) in [4.78, 5) is 0. The SMILES string of the molecule is CC(C)CS(=O)(=O)Nc1cccc(C#CCN)c1. The van der Waals surface area contributed by atoms with Crippen LogP contribution in [-0.4, -0.2) is 20.7 Å². The van der Waals surface area contributed by atoms with Crippen molar-refractivity contribution in [2.75, 3.05) is 17.0 Å². The highest BCUT2D eigenvalue weighted by Gasteiger charge is 2.12. The molecular weight excluding hydrogens is 248 g/mol. The Morgan fingerprint density at radius 2 is 2.11 bits per heavy atom. The highest BCUT2D eigenvalue weighted by molar-refractivity contribution is 7.92. The quantitative estimate of drug-likeness (QED) is 0.809. The molecule has 4 nitrogen and oxygen atoms in total. The van der Waals surface area contributed by atoms with Gasteiger partial charge in [0.2, 0.25) is 10.0 Å². The lowest BCUT2D eigenvalue weighted by Gasteiger charge is -2.09. The molecule has 1 aromatic carbocycles. The first-order chi connectivity index (χ1) is 8.43. The largest absolute Gasteiger partial charge is 0.320 e. The van der Waals surface area contributed by atoms with Crippen molar-refractivity contribution in [1.82, 2.24) is 0 Å². The molecule has 0 radical (unpaired) electrons. The molecule has 0 spiro atoms. The van der Waals surface area contributed by atoms with E-state index in [9.17, 15) is 8.42 Å². The topological polar surface area (TPSA) is 72.2 Å². The molecule has 0 saturated carbocycles. The van der Waals surface area contributed by atoms with Crippen molar-refractivity contribution >= 4 is 15.7 Å². The number of benzene rings is 1. The predicted molar refractivity (Wildman–Crippen MR) is 74.6 cm³/mol. The van der Waals surface area contributed by atoms with Crippen LogP contribution in [0.5, 0.6) is 0 Å². The molecule has 18 heavy (non-hydrogen) atoms. The fraction of sp³-hybridized carbons (Fsp3) is 0.385. The fourth-order valence-electron chi connectivity index (χ4n) is 1.47. The van der Waals surface area contributed by atoms with Crippen LogP contribution < -0.4 is 10.5 Å². The van der Waals surface area contributed by atoms with E-state index in [1.54, 1.807) is 18.2 Å². The molecule has 0 aliphatic heterocycles. The van der Waals surface area contributed by atoms with Crippen LogP contribution in [0.2, 0.25) is 0 Å². The molecule has 0 bridgehead atoms. The molecule has 0 aliphatic carbocycles. The second-order valence-electron chi connectivity index (χ2n) is 4.36. The molecule has 0 unspecified atom stereocenters. The summed E-state index contributed by atoms with van der Waals surface area (Å²) < 4.78 is 26.1. The molecule has 0 heterocycles. The number of hydrogen-bond donors (Lipinski definition) is 2. The molecule has 98 valence electrons. The number of nitrogens with one attached hydrogen (secondary N) is 1. The fourth-order valence-corrected chi connectivity index (χ4v) is 2.92. The summed E-state index contributed by atoms with van der Waals surface area (Å²) in [5.41, 5.74) is 6.55. The Labute approximate surface area is 109 Å². The van der Waals surface area contributed by atoms with Crippen LogP contribution in [0.3, 0.4) is 0 Å². The van der Waals surface area contributed by atoms with Gasteiger partial charge < -0.3 is 5.73 Å². The predicted octanol–water partition coefficient (Wildman–Crippen LogP) is 1.39. The van der Waals surface area contributed by atoms with Crippen LogP contribution >= 0.6 is 0 Å². The third-order valence-corrected chi connectivity index (χ3v) is 3.68. The van der Waals surface area contributed by atoms with Gasteiger partial charge in [-0.15, -0.1) is 0 Å². The minimum Gasteiger partial charge on any atom is -0.320 e. The van der Waals surface area contributed by atoms with Crippen molar-refractivity contribution in [3.63, 3.8) is 0 Å². The van der Waals surface area contributed by atoms with E-state index in [4.69, 9.17) is 5.73 Å². The first-order valence-corrected chi connectivity index (χ1v) is 7.37. The molecular formula is C13H18N2O2S. The second kappa shape index (κ2) is 6.43. The number of rotatable bonds is 4. The summed E-state index contributed by atoms with van der Waals surface area (Å²) in [7, 11) is -3.29. The molecule has 1 aromatic rings. The van der Waals surface area contributed by atoms with Gasteiger partial charge in [0.1, 0.15) is 0 Å². The van der Waals surface area contributed by atoms with E-state index < -0.39 is 10.0 Å². The standard InChI is InChI=1S/C13H18N2O2S/c1-11(2)10-18(16,17)15-13-7-3-5-12(9-13)6-4-8-14/h3,5,7,9,11,15H,8,10,14H2,1-2H3.